The number of rotatable bonds is 2. The highest BCUT2D eigenvalue weighted by molar-refractivity contribution is 5.69. The molecule has 1 aliphatic carbocycles. The van der Waals surface area contributed by atoms with Crippen LogP contribution in [0.4, 0.5) is 4.79 Å². The maximum atomic E-state index is 11.6. The zero-order valence-corrected chi connectivity index (χ0v) is 11.5. The summed E-state index contributed by atoms with van der Waals surface area (Å²) in [6.07, 6.45) is 1.81. The Morgan fingerprint density at radius 3 is 2.61 bits per heavy atom. The first-order chi connectivity index (χ1) is 8.13. The molecule has 5 nitrogen and oxygen atoms in total. The van der Waals surface area contributed by atoms with Crippen LogP contribution in [0.3, 0.4) is 0 Å². The monoisotopic (exact) mass is 257 g/mol. The molecule has 0 aromatic rings. The van der Waals surface area contributed by atoms with Gasteiger partial charge < -0.3 is 20.0 Å². The summed E-state index contributed by atoms with van der Waals surface area (Å²) >= 11 is 0. The lowest BCUT2D eigenvalue weighted by molar-refractivity contribution is -0.116. The zero-order valence-electron chi connectivity index (χ0n) is 11.5. The van der Waals surface area contributed by atoms with Gasteiger partial charge in [-0.2, -0.15) is 0 Å². The molecule has 0 aromatic heterocycles. The lowest BCUT2D eigenvalue weighted by Gasteiger charge is -2.37. The van der Waals surface area contributed by atoms with Gasteiger partial charge in [0.15, 0.2) is 0 Å². The average Bonchev–Trinajstić information content (AvgIpc) is 2.17. The van der Waals surface area contributed by atoms with Crippen molar-refractivity contribution < 1.29 is 19.4 Å². The van der Waals surface area contributed by atoms with Gasteiger partial charge in [-0.05, 0) is 47.0 Å². The number of aliphatic hydroxyl groups is 1. The van der Waals surface area contributed by atoms with E-state index in [0.717, 1.165) is 6.29 Å². The minimum atomic E-state index is -0.822. The normalized spacial score (nSPS) is 32.7. The van der Waals surface area contributed by atoms with Gasteiger partial charge in [0.2, 0.25) is 0 Å². The standard InChI is InChI=1S/C13H23NO4/c1-12(2,3)18-11(16)14-10-5-6-13(4,17)7-9(10)8-15/h8-10,17H,5-7H2,1-4H3,(H,14,16)/t9?,10-,13+/m0/s1. The minimum Gasteiger partial charge on any atom is -0.444 e. The Kier molecular flexibility index (Phi) is 4.37. The van der Waals surface area contributed by atoms with E-state index in [1.54, 1.807) is 27.7 Å². The van der Waals surface area contributed by atoms with Crippen LogP contribution in [0.2, 0.25) is 0 Å². The van der Waals surface area contributed by atoms with Gasteiger partial charge in [0.1, 0.15) is 11.9 Å². The third-order valence-corrected chi connectivity index (χ3v) is 3.06. The van der Waals surface area contributed by atoms with Gasteiger partial charge in [0.05, 0.1) is 5.60 Å². The molecule has 1 rings (SSSR count). The Balaban J connectivity index is 2.56. The van der Waals surface area contributed by atoms with E-state index in [1.165, 1.54) is 0 Å². The van der Waals surface area contributed by atoms with Crippen molar-refractivity contribution in [3.8, 4) is 0 Å². The molecule has 104 valence electrons. The largest absolute Gasteiger partial charge is 0.444 e. The van der Waals surface area contributed by atoms with Crippen molar-refractivity contribution >= 4 is 12.4 Å². The Morgan fingerprint density at radius 2 is 2.11 bits per heavy atom. The summed E-state index contributed by atoms with van der Waals surface area (Å²) in [6, 6.07) is -0.252. The average molecular weight is 257 g/mol. The van der Waals surface area contributed by atoms with Gasteiger partial charge in [-0.15, -0.1) is 0 Å². The predicted octanol–water partition coefficient (Wildman–Crippen LogP) is 1.63. The number of hydrogen-bond acceptors (Lipinski definition) is 4. The molecule has 0 spiro atoms. The number of aldehydes is 1. The molecule has 0 aromatic carbocycles. The van der Waals surface area contributed by atoms with Crippen LogP contribution in [0.5, 0.6) is 0 Å². The van der Waals surface area contributed by atoms with Crippen LogP contribution in [0.25, 0.3) is 0 Å². The highest BCUT2D eigenvalue weighted by Crippen LogP contribution is 2.31. The number of nitrogens with one attached hydrogen (secondary N) is 1. The Labute approximate surface area is 108 Å². The highest BCUT2D eigenvalue weighted by Gasteiger charge is 2.37. The van der Waals surface area contributed by atoms with Crippen LogP contribution in [-0.4, -0.2) is 34.7 Å². The van der Waals surface area contributed by atoms with E-state index in [0.29, 0.717) is 19.3 Å². The molecule has 3 atom stereocenters. The number of ether oxygens (including phenoxy) is 1. The molecule has 1 fully saturated rings. The SMILES string of the molecule is CC(C)(C)OC(=O)N[C@H]1CC[C@@](C)(O)CC1C=O. The summed E-state index contributed by atoms with van der Waals surface area (Å²) in [5.74, 6) is -0.360. The first-order valence-electron chi connectivity index (χ1n) is 6.30. The summed E-state index contributed by atoms with van der Waals surface area (Å²) in [5.41, 5.74) is -1.38. The van der Waals surface area contributed by atoms with Crippen molar-refractivity contribution in [3.63, 3.8) is 0 Å². The van der Waals surface area contributed by atoms with Crippen LogP contribution in [0.1, 0.15) is 47.0 Å². The van der Waals surface area contributed by atoms with Crippen molar-refractivity contribution in [1.29, 1.82) is 0 Å². The fraction of sp³-hybridized carbons (Fsp3) is 0.846. The predicted molar refractivity (Wildman–Crippen MR) is 67.2 cm³/mol. The zero-order chi connectivity index (χ0) is 14.0. The minimum absolute atomic E-state index is 0.252. The molecule has 1 aliphatic rings. The number of hydrogen-bond donors (Lipinski definition) is 2. The molecule has 0 bridgehead atoms. The van der Waals surface area contributed by atoms with Gasteiger partial charge in [0.25, 0.3) is 0 Å². The summed E-state index contributed by atoms with van der Waals surface area (Å²) in [4.78, 5) is 22.7. The fourth-order valence-corrected chi connectivity index (χ4v) is 2.21. The molecular weight excluding hydrogens is 234 g/mol. The number of alkyl carbamates (subject to hydrolysis) is 1. The summed E-state index contributed by atoms with van der Waals surface area (Å²) in [5, 5.41) is 12.6. The third-order valence-electron chi connectivity index (χ3n) is 3.06. The molecule has 5 heteroatoms. The first kappa shape index (κ1) is 15.0. The lowest BCUT2D eigenvalue weighted by Crippen LogP contribution is -2.49. The van der Waals surface area contributed by atoms with Crippen LogP contribution in [-0.2, 0) is 9.53 Å². The van der Waals surface area contributed by atoms with Crippen LogP contribution < -0.4 is 5.32 Å². The fourth-order valence-electron chi connectivity index (χ4n) is 2.21. The number of amides is 1. The molecule has 1 unspecified atom stereocenters. The molecule has 0 radical (unpaired) electrons. The molecule has 18 heavy (non-hydrogen) atoms. The molecule has 1 saturated carbocycles. The molecule has 0 aliphatic heterocycles. The Hall–Kier alpha value is -1.10. The lowest BCUT2D eigenvalue weighted by atomic mass is 9.77. The summed E-state index contributed by atoms with van der Waals surface area (Å²) in [6.45, 7) is 7.08. The number of carbonyl (C=O) groups excluding carboxylic acids is 2. The van der Waals surface area contributed by atoms with E-state index >= 15 is 0 Å². The summed E-state index contributed by atoms with van der Waals surface area (Å²) < 4.78 is 5.16. The van der Waals surface area contributed by atoms with Gasteiger partial charge >= 0.3 is 6.09 Å². The van der Waals surface area contributed by atoms with Crippen molar-refractivity contribution in [3.05, 3.63) is 0 Å². The quantitative estimate of drug-likeness (QED) is 0.737. The van der Waals surface area contributed by atoms with Crippen LogP contribution in [0, 0.1) is 5.92 Å². The van der Waals surface area contributed by atoms with E-state index in [2.05, 4.69) is 5.32 Å². The molecule has 0 saturated heterocycles. The van der Waals surface area contributed by atoms with Crippen molar-refractivity contribution in [1.82, 2.24) is 5.32 Å². The summed E-state index contributed by atoms with van der Waals surface area (Å²) in [7, 11) is 0. The van der Waals surface area contributed by atoms with Gasteiger partial charge in [-0.25, -0.2) is 4.79 Å². The molecular formula is C13H23NO4. The molecule has 1 amide bonds. The van der Waals surface area contributed by atoms with Gasteiger partial charge in [-0.3, -0.25) is 0 Å². The first-order valence-corrected chi connectivity index (χ1v) is 6.30. The van der Waals surface area contributed by atoms with Crippen molar-refractivity contribution in [2.45, 2.75) is 64.2 Å². The van der Waals surface area contributed by atoms with Crippen molar-refractivity contribution in [2.75, 3.05) is 0 Å². The van der Waals surface area contributed by atoms with Crippen molar-refractivity contribution in [2.24, 2.45) is 5.92 Å². The second-order valence-electron chi connectivity index (χ2n) is 6.29. The number of carbonyl (C=O) groups is 2. The van der Waals surface area contributed by atoms with E-state index in [9.17, 15) is 14.7 Å². The topological polar surface area (TPSA) is 75.6 Å². The van der Waals surface area contributed by atoms with E-state index in [-0.39, 0.29) is 12.0 Å². The van der Waals surface area contributed by atoms with Crippen LogP contribution in [0.15, 0.2) is 0 Å². The third kappa shape index (κ3) is 4.64. The smallest absolute Gasteiger partial charge is 0.407 e. The van der Waals surface area contributed by atoms with E-state index in [1.807, 2.05) is 0 Å². The van der Waals surface area contributed by atoms with Crippen LogP contribution >= 0.6 is 0 Å². The van der Waals surface area contributed by atoms with E-state index < -0.39 is 17.3 Å². The second kappa shape index (κ2) is 5.26. The molecule has 0 heterocycles. The Morgan fingerprint density at radius 1 is 1.50 bits per heavy atom. The van der Waals surface area contributed by atoms with E-state index in [4.69, 9.17) is 4.74 Å². The Bertz CT molecular complexity index is 319. The second-order valence-corrected chi connectivity index (χ2v) is 6.29. The maximum absolute atomic E-state index is 11.6. The molecule has 2 N–H and O–H groups in total. The maximum Gasteiger partial charge on any atom is 0.407 e. The van der Waals surface area contributed by atoms with Gasteiger partial charge in [0, 0.05) is 12.0 Å². The van der Waals surface area contributed by atoms with Gasteiger partial charge in [-0.1, -0.05) is 0 Å². The highest BCUT2D eigenvalue weighted by atomic mass is 16.6.